The number of nitrogens with one attached hydrogen (secondary N) is 1. The summed E-state index contributed by atoms with van der Waals surface area (Å²) in [6, 6.07) is 19.5. The van der Waals surface area contributed by atoms with Gasteiger partial charge in [0.05, 0.1) is 30.0 Å². The molecular weight excluding hydrogens is 454 g/mol. The number of hydrazone groups is 1. The number of non-ortho nitro benzene ring substituents is 1. The lowest BCUT2D eigenvalue weighted by atomic mass is 9.87. The Morgan fingerprint density at radius 2 is 1.68 bits per heavy atom. The van der Waals surface area contributed by atoms with Crippen LogP contribution in [0.15, 0.2) is 71.8 Å². The molecule has 0 saturated carbocycles. The van der Waals surface area contributed by atoms with Crippen LogP contribution >= 0.6 is 11.6 Å². The fourth-order valence-electron chi connectivity index (χ4n) is 3.07. The molecule has 0 aliphatic carbocycles. The van der Waals surface area contributed by atoms with Gasteiger partial charge in [-0.05, 0) is 53.4 Å². The van der Waals surface area contributed by atoms with E-state index >= 15 is 0 Å². The Morgan fingerprint density at radius 1 is 1.00 bits per heavy atom. The van der Waals surface area contributed by atoms with Crippen LogP contribution in [0.25, 0.3) is 0 Å². The maximum atomic E-state index is 10.7. The summed E-state index contributed by atoms with van der Waals surface area (Å²) in [5.41, 5.74) is 5.58. The van der Waals surface area contributed by atoms with E-state index < -0.39 is 4.92 Å². The van der Waals surface area contributed by atoms with Crippen LogP contribution in [0.2, 0.25) is 5.02 Å². The summed E-state index contributed by atoms with van der Waals surface area (Å²) in [5, 5.41) is 15.5. The molecule has 1 N–H and O–H groups in total. The summed E-state index contributed by atoms with van der Waals surface area (Å²) in [7, 11) is 0. The molecule has 0 aliphatic heterocycles. The van der Waals surface area contributed by atoms with Crippen LogP contribution in [0.4, 0.5) is 11.4 Å². The van der Waals surface area contributed by atoms with Crippen molar-refractivity contribution in [1.82, 2.24) is 0 Å². The monoisotopic (exact) mass is 481 g/mol. The maximum absolute atomic E-state index is 10.7. The van der Waals surface area contributed by atoms with Crippen molar-refractivity contribution in [2.75, 3.05) is 18.6 Å². The predicted molar refractivity (Wildman–Crippen MR) is 137 cm³/mol. The number of rotatable bonds is 10. The van der Waals surface area contributed by atoms with Crippen LogP contribution in [-0.2, 0) is 5.41 Å². The molecule has 178 valence electrons. The molecule has 3 rings (SSSR count). The zero-order valence-corrected chi connectivity index (χ0v) is 20.2. The molecule has 0 unspecified atom stereocenters. The minimum Gasteiger partial charge on any atom is -0.493 e. The van der Waals surface area contributed by atoms with Gasteiger partial charge in [0, 0.05) is 29.1 Å². The van der Waals surface area contributed by atoms with E-state index in [1.807, 2.05) is 12.1 Å². The second kappa shape index (κ2) is 11.5. The van der Waals surface area contributed by atoms with Gasteiger partial charge in [0.2, 0.25) is 0 Å². The van der Waals surface area contributed by atoms with Gasteiger partial charge in [-0.2, -0.15) is 5.10 Å². The largest absolute Gasteiger partial charge is 0.493 e. The lowest BCUT2D eigenvalue weighted by Crippen LogP contribution is -2.10. The molecular formula is C26H28ClN3O4. The average molecular weight is 482 g/mol. The highest BCUT2D eigenvalue weighted by Crippen LogP contribution is 2.25. The van der Waals surface area contributed by atoms with Gasteiger partial charge >= 0.3 is 0 Å². The third-order valence-electron chi connectivity index (χ3n) is 4.98. The van der Waals surface area contributed by atoms with E-state index in [9.17, 15) is 10.1 Å². The van der Waals surface area contributed by atoms with Gasteiger partial charge in [0.25, 0.3) is 5.69 Å². The van der Waals surface area contributed by atoms with Crippen molar-refractivity contribution < 1.29 is 14.4 Å². The molecule has 0 aliphatic rings. The van der Waals surface area contributed by atoms with Crippen LogP contribution < -0.4 is 14.9 Å². The standard InChI is InChI=1S/C26H28ClN3O4/c1-26(2,3)20-5-12-24(13-6-20)33-15-4-16-34-25-14-7-21(27)17-19(25)18-28-29-22-8-10-23(11-9-22)30(31)32/h5-14,17-18,29H,4,15-16H2,1-3H3/b28-18+. The maximum Gasteiger partial charge on any atom is 0.269 e. The van der Waals surface area contributed by atoms with Crippen molar-refractivity contribution in [3.05, 3.63) is 93.0 Å². The van der Waals surface area contributed by atoms with Crippen molar-refractivity contribution in [3.8, 4) is 11.5 Å². The van der Waals surface area contributed by atoms with E-state index in [0.29, 0.717) is 41.7 Å². The number of hydrogen-bond donors (Lipinski definition) is 1. The Balaban J connectivity index is 1.49. The molecule has 0 amide bonds. The zero-order chi connectivity index (χ0) is 24.6. The number of nitro benzene ring substituents is 1. The van der Waals surface area contributed by atoms with Gasteiger partial charge < -0.3 is 9.47 Å². The van der Waals surface area contributed by atoms with E-state index in [1.54, 1.807) is 36.5 Å². The van der Waals surface area contributed by atoms with E-state index in [-0.39, 0.29) is 11.1 Å². The SMILES string of the molecule is CC(C)(C)c1ccc(OCCCOc2ccc(Cl)cc2/C=N/Nc2ccc([N+](=O)[O-])cc2)cc1. The van der Waals surface area contributed by atoms with Gasteiger partial charge in [-0.3, -0.25) is 15.5 Å². The Hall–Kier alpha value is -3.58. The minimum absolute atomic E-state index is 0.0194. The summed E-state index contributed by atoms with van der Waals surface area (Å²) in [6.45, 7) is 7.55. The molecule has 3 aromatic carbocycles. The fraction of sp³-hybridized carbons (Fsp3) is 0.269. The minimum atomic E-state index is -0.448. The molecule has 0 spiro atoms. The van der Waals surface area contributed by atoms with Crippen molar-refractivity contribution in [1.29, 1.82) is 0 Å². The number of nitrogens with zero attached hydrogens (tertiary/aromatic N) is 2. The van der Waals surface area contributed by atoms with Crippen molar-refractivity contribution >= 4 is 29.2 Å². The Labute approximate surface area is 204 Å². The number of halogens is 1. The van der Waals surface area contributed by atoms with Crippen LogP contribution in [0.1, 0.15) is 38.3 Å². The molecule has 3 aromatic rings. The number of nitro groups is 1. The predicted octanol–water partition coefficient (Wildman–Crippen LogP) is 6.84. The molecule has 0 heterocycles. The highest BCUT2D eigenvalue weighted by molar-refractivity contribution is 6.30. The zero-order valence-electron chi connectivity index (χ0n) is 19.5. The summed E-state index contributed by atoms with van der Waals surface area (Å²) >= 11 is 6.13. The molecule has 7 nitrogen and oxygen atoms in total. The summed E-state index contributed by atoms with van der Waals surface area (Å²) in [6.07, 6.45) is 2.30. The smallest absolute Gasteiger partial charge is 0.269 e. The third-order valence-corrected chi connectivity index (χ3v) is 5.22. The van der Waals surface area contributed by atoms with Crippen LogP contribution in [0, 0.1) is 10.1 Å². The molecule has 0 fully saturated rings. The lowest BCUT2D eigenvalue weighted by Gasteiger charge is -2.19. The van der Waals surface area contributed by atoms with Crippen LogP contribution in [-0.4, -0.2) is 24.4 Å². The van der Waals surface area contributed by atoms with Crippen LogP contribution in [0.5, 0.6) is 11.5 Å². The van der Waals surface area contributed by atoms with Gasteiger partial charge in [-0.15, -0.1) is 0 Å². The van der Waals surface area contributed by atoms with Gasteiger partial charge in [0.15, 0.2) is 0 Å². The highest BCUT2D eigenvalue weighted by atomic mass is 35.5. The third kappa shape index (κ3) is 7.49. The number of anilines is 1. The first-order chi connectivity index (χ1) is 16.2. The summed E-state index contributed by atoms with van der Waals surface area (Å²) in [4.78, 5) is 10.3. The molecule has 34 heavy (non-hydrogen) atoms. The first kappa shape index (κ1) is 25.1. The van der Waals surface area contributed by atoms with Crippen molar-refractivity contribution in [2.24, 2.45) is 5.10 Å². The van der Waals surface area contributed by atoms with E-state index in [2.05, 4.69) is 43.4 Å². The molecule has 0 radical (unpaired) electrons. The Kier molecular flexibility index (Phi) is 8.49. The fourth-order valence-corrected chi connectivity index (χ4v) is 3.25. The summed E-state index contributed by atoms with van der Waals surface area (Å²) in [5.74, 6) is 1.48. The van der Waals surface area contributed by atoms with E-state index in [4.69, 9.17) is 21.1 Å². The number of ether oxygens (including phenoxy) is 2. The molecule has 0 bridgehead atoms. The second-order valence-electron chi connectivity index (χ2n) is 8.68. The van der Waals surface area contributed by atoms with Crippen molar-refractivity contribution in [3.63, 3.8) is 0 Å². The molecule has 0 aromatic heterocycles. The number of benzene rings is 3. The molecule has 0 atom stereocenters. The first-order valence-corrected chi connectivity index (χ1v) is 11.3. The summed E-state index contributed by atoms with van der Waals surface area (Å²) < 4.78 is 11.7. The average Bonchev–Trinajstić information content (AvgIpc) is 2.80. The topological polar surface area (TPSA) is 86.0 Å². The second-order valence-corrected chi connectivity index (χ2v) is 9.12. The first-order valence-electron chi connectivity index (χ1n) is 10.9. The highest BCUT2D eigenvalue weighted by Gasteiger charge is 2.13. The Bertz CT molecular complexity index is 1120. The number of hydrogen-bond acceptors (Lipinski definition) is 6. The van der Waals surface area contributed by atoms with E-state index in [0.717, 1.165) is 5.75 Å². The lowest BCUT2D eigenvalue weighted by molar-refractivity contribution is -0.384. The van der Waals surface area contributed by atoms with Crippen LogP contribution in [0.3, 0.4) is 0 Å². The Morgan fingerprint density at radius 3 is 2.32 bits per heavy atom. The quantitative estimate of drug-likeness (QED) is 0.148. The van der Waals surface area contributed by atoms with Gasteiger partial charge in [0.1, 0.15) is 11.5 Å². The normalized spacial score (nSPS) is 11.4. The molecule has 0 saturated heterocycles. The van der Waals surface area contributed by atoms with Gasteiger partial charge in [-0.1, -0.05) is 44.5 Å². The molecule has 8 heteroatoms. The van der Waals surface area contributed by atoms with Crippen molar-refractivity contribution in [2.45, 2.75) is 32.6 Å². The van der Waals surface area contributed by atoms with Gasteiger partial charge in [-0.25, -0.2) is 0 Å². The van der Waals surface area contributed by atoms with E-state index in [1.165, 1.54) is 17.7 Å².